The summed E-state index contributed by atoms with van der Waals surface area (Å²) in [5.74, 6) is 0.383. The van der Waals surface area contributed by atoms with Crippen molar-refractivity contribution in [2.75, 3.05) is 18.9 Å². The Morgan fingerprint density at radius 3 is 2.62 bits per heavy atom. The summed E-state index contributed by atoms with van der Waals surface area (Å²) in [6.45, 7) is 8.79. The molecule has 128 valence electrons. The van der Waals surface area contributed by atoms with E-state index in [-0.39, 0.29) is 5.91 Å². The van der Waals surface area contributed by atoms with E-state index in [1.807, 2.05) is 27.8 Å². The minimum absolute atomic E-state index is 0.0713. The van der Waals surface area contributed by atoms with Crippen molar-refractivity contribution in [2.45, 2.75) is 40.5 Å². The number of benzene rings is 1. The van der Waals surface area contributed by atoms with Gasteiger partial charge >= 0.3 is 0 Å². The van der Waals surface area contributed by atoms with Gasteiger partial charge in [-0.25, -0.2) is 9.97 Å². The maximum absolute atomic E-state index is 12.5. The predicted molar refractivity (Wildman–Crippen MR) is 97.8 cm³/mol. The average molecular weight is 326 g/mol. The van der Waals surface area contributed by atoms with Crippen LogP contribution in [0.15, 0.2) is 24.3 Å². The number of hydrogen-bond acceptors (Lipinski definition) is 4. The Hall–Kier alpha value is -2.43. The zero-order valence-corrected chi connectivity index (χ0v) is 15.2. The number of amides is 1. The van der Waals surface area contributed by atoms with Crippen molar-refractivity contribution < 1.29 is 4.79 Å². The van der Waals surface area contributed by atoms with Gasteiger partial charge in [-0.1, -0.05) is 25.5 Å². The Kier molecular flexibility index (Phi) is 5.90. The van der Waals surface area contributed by atoms with Gasteiger partial charge in [0.05, 0.1) is 0 Å². The molecular formula is C19H26N4O. The fourth-order valence-corrected chi connectivity index (χ4v) is 2.42. The van der Waals surface area contributed by atoms with Gasteiger partial charge in [-0.15, -0.1) is 0 Å². The third kappa shape index (κ3) is 4.54. The first-order chi connectivity index (χ1) is 11.4. The fourth-order valence-electron chi connectivity index (χ4n) is 2.42. The molecule has 0 atom stereocenters. The molecule has 1 heterocycles. The molecule has 0 bridgehead atoms. The fraction of sp³-hybridized carbons (Fsp3) is 0.421. The van der Waals surface area contributed by atoms with Crippen molar-refractivity contribution in [2.24, 2.45) is 0 Å². The molecule has 0 aliphatic rings. The Bertz CT molecular complexity index is 727. The largest absolute Gasteiger partial charge is 0.340 e. The second kappa shape index (κ2) is 7.90. The molecule has 0 saturated carbocycles. The molecule has 5 nitrogen and oxygen atoms in total. The van der Waals surface area contributed by atoms with Crippen LogP contribution >= 0.6 is 0 Å². The number of anilines is 2. The molecule has 1 aromatic heterocycles. The van der Waals surface area contributed by atoms with Crippen LogP contribution in [0.4, 0.5) is 11.6 Å². The number of aromatic nitrogens is 2. The molecule has 1 aromatic carbocycles. The Balaban J connectivity index is 2.25. The predicted octanol–water partition coefficient (Wildman–Crippen LogP) is 4.02. The van der Waals surface area contributed by atoms with Crippen LogP contribution in [0.2, 0.25) is 0 Å². The zero-order chi connectivity index (χ0) is 17.7. The van der Waals surface area contributed by atoms with E-state index in [4.69, 9.17) is 0 Å². The van der Waals surface area contributed by atoms with Gasteiger partial charge in [0.25, 0.3) is 5.91 Å². The van der Waals surface area contributed by atoms with Crippen LogP contribution in [-0.2, 0) is 0 Å². The molecule has 5 heteroatoms. The molecule has 0 aliphatic heterocycles. The minimum atomic E-state index is -0.0713. The van der Waals surface area contributed by atoms with Gasteiger partial charge in [0.2, 0.25) is 5.95 Å². The van der Waals surface area contributed by atoms with E-state index < -0.39 is 0 Å². The highest BCUT2D eigenvalue weighted by molar-refractivity contribution is 5.92. The van der Waals surface area contributed by atoms with Crippen LogP contribution in [-0.4, -0.2) is 34.4 Å². The lowest BCUT2D eigenvalue weighted by molar-refractivity contribution is 0.0787. The van der Waals surface area contributed by atoms with Gasteiger partial charge in [-0.2, -0.15) is 0 Å². The highest BCUT2D eigenvalue weighted by atomic mass is 16.2. The number of carbonyl (C=O) groups is 1. The lowest BCUT2D eigenvalue weighted by atomic mass is 10.1. The minimum Gasteiger partial charge on any atom is -0.340 e. The summed E-state index contributed by atoms with van der Waals surface area (Å²) in [7, 11) is 1.81. The lowest BCUT2D eigenvalue weighted by Crippen LogP contribution is -2.28. The number of carbonyl (C=O) groups excluding carboxylic acids is 1. The molecule has 0 unspecified atom stereocenters. The van der Waals surface area contributed by atoms with Crippen LogP contribution in [0.5, 0.6) is 0 Å². The summed E-state index contributed by atoms with van der Waals surface area (Å²) in [5, 5.41) is 3.24. The number of rotatable bonds is 6. The van der Waals surface area contributed by atoms with Gasteiger partial charge in [-0.3, -0.25) is 4.79 Å². The summed E-state index contributed by atoms with van der Waals surface area (Å²) >= 11 is 0. The summed E-state index contributed by atoms with van der Waals surface area (Å²) in [6, 6.07) is 7.91. The Labute approximate surface area is 144 Å². The van der Waals surface area contributed by atoms with Gasteiger partial charge in [-0.05, 0) is 50.5 Å². The molecule has 0 fully saturated rings. The van der Waals surface area contributed by atoms with Gasteiger partial charge in [0.1, 0.15) is 5.69 Å². The van der Waals surface area contributed by atoms with E-state index in [9.17, 15) is 4.79 Å². The topological polar surface area (TPSA) is 58.1 Å². The van der Waals surface area contributed by atoms with Gasteiger partial charge in [0.15, 0.2) is 0 Å². The number of unbranched alkanes of at least 4 members (excludes halogenated alkanes) is 1. The molecule has 24 heavy (non-hydrogen) atoms. The standard InChI is InChI=1S/C19H26N4O/c1-6-7-10-23(5)18(24)17-12-15(4)20-19(22-17)21-16-11-13(2)8-9-14(16)3/h8-9,11-12H,6-7,10H2,1-5H3,(H,20,21,22). The van der Waals surface area contributed by atoms with E-state index in [1.54, 1.807) is 11.0 Å². The van der Waals surface area contributed by atoms with E-state index in [0.29, 0.717) is 11.6 Å². The maximum Gasteiger partial charge on any atom is 0.272 e. The number of aryl methyl sites for hydroxylation is 3. The molecule has 0 saturated heterocycles. The molecule has 0 aliphatic carbocycles. The van der Waals surface area contributed by atoms with Crippen molar-refractivity contribution in [1.29, 1.82) is 0 Å². The van der Waals surface area contributed by atoms with E-state index in [2.05, 4.69) is 40.4 Å². The zero-order valence-electron chi connectivity index (χ0n) is 15.2. The molecule has 2 rings (SSSR count). The normalized spacial score (nSPS) is 10.5. The van der Waals surface area contributed by atoms with Crippen molar-refractivity contribution in [1.82, 2.24) is 14.9 Å². The number of hydrogen-bond donors (Lipinski definition) is 1. The summed E-state index contributed by atoms with van der Waals surface area (Å²) < 4.78 is 0. The summed E-state index contributed by atoms with van der Waals surface area (Å²) in [4.78, 5) is 23.1. The first-order valence-corrected chi connectivity index (χ1v) is 8.36. The van der Waals surface area contributed by atoms with E-state index in [1.165, 1.54) is 0 Å². The van der Waals surface area contributed by atoms with Gasteiger partial charge < -0.3 is 10.2 Å². The number of nitrogens with one attached hydrogen (secondary N) is 1. The second-order valence-electron chi connectivity index (χ2n) is 6.24. The molecule has 0 spiro atoms. The van der Waals surface area contributed by atoms with E-state index >= 15 is 0 Å². The van der Waals surface area contributed by atoms with Crippen LogP contribution in [0.1, 0.15) is 47.1 Å². The second-order valence-corrected chi connectivity index (χ2v) is 6.24. The Morgan fingerprint density at radius 2 is 1.92 bits per heavy atom. The van der Waals surface area contributed by atoms with Crippen molar-refractivity contribution in [3.63, 3.8) is 0 Å². The quantitative estimate of drug-likeness (QED) is 0.871. The highest BCUT2D eigenvalue weighted by Gasteiger charge is 2.15. The first kappa shape index (κ1) is 17.9. The third-order valence-corrected chi connectivity index (χ3v) is 3.91. The average Bonchev–Trinajstić information content (AvgIpc) is 2.54. The molecule has 1 amide bonds. The molecule has 1 N–H and O–H groups in total. The molecular weight excluding hydrogens is 300 g/mol. The highest BCUT2D eigenvalue weighted by Crippen LogP contribution is 2.20. The SMILES string of the molecule is CCCCN(C)C(=O)c1cc(C)nc(Nc2cc(C)ccc2C)n1. The summed E-state index contributed by atoms with van der Waals surface area (Å²) in [6.07, 6.45) is 2.04. The smallest absolute Gasteiger partial charge is 0.272 e. The lowest BCUT2D eigenvalue weighted by Gasteiger charge is -2.17. The van der Waals surface area contributed by atoms with Crippen molar-refractivity contribution in [3.05, 3.63) is 46.8 Å². The van der Waals surface area contributed by atoms with Crippen LogP contribution in [0.3, 0.4) is 0 Å². The van der Waals surface area contributed by atoms with Gasteiger partial charge in [0, 0.05) is 25.0 Å². The Morgan fingerprint density at radius 1 is 1.17 bits per heavy atom. The maximum atomic E-state index is 12.5. The molecule has 2 aromatic rings. The van der Waals surface area contributed by atoms with Crippen LogP contribution in [0.25, 0.3) is 0 Å². The van der Waals surface area contributed by atoms with Crippen LogP contribution < -0.4 is 5.32 Å². The van der Waals surface area contributed by atoms with Crippen LogP contribution in [0, 0.1) is 20.8 Å². The molecule has 0 radical (unpaired) electrons. The third-order valence-electron chi connectivity index (χ3n) is 3.91. The van der Waals surface area contributed by atoms with E-state index in [0.717, 1.165) is 41.9 Å². The first-order valence-electron chi connectivity index (χ1n) is 8.36. The number of nitrogens with zero attached hydrogens (tertiary/aromatic N) is 3. The van der Waals surface area contributed by atoms with Crippen molar-refractivity contribution in [3.8, 4) is 0 Å². The monoisotopic (exact) mass is 326 g/mol. The van der Waals surface area contributed by atoms with Crippen molar-refractivity contribution >= 4 is 17.5 Å². The summed E-state index contributed by atoms with van der Waals surface area (Å²) in [5.41, 5.74) is 4.42.